The number of benzene rings is 2. The topological polar surface area (TPSA) is 49.4 Å². The van der Waals surface area contributed by atoms with E-state index in [-0.39, 0.29) is 10.7 Å². The fraction of sp³-hybridized carbons (Fsp3) is 0. The van der Waals surface area contributed by atoms with E-state index in [1.165, 1.54) is 0 Å². The average Bonchev–Trinajstić information content (AvgIpc) is 2.74. The Bertz CT molecular complexity index is 817. The lowest BCUT2D eigenvalue weighted by Crippen LogP contribution is -2.32. The minimum absolute atomic E-state index is 0.0533. The van der Waals surface area contributed by atoms with Crippen LogP contribution in [0.4, 0.5) is 11.4 Å². The van der Waals surface area contributed by atoms with E-state index in [0.29, 0.717) is 16.4 Å². The van der Waals surface area contributed by atoms with Crippen molar-refractivity contribution in [3.8, 4) is 0 Å². The van der Waals surface area contributed by atoms with Crippen LogP contribution in [-0.4, -0.2) is 11.8 Å². The van der Waals surface area contributed by atoms with Crippen LogP contribution in [0.3, 0.4) is 0 Å². The molecule has 0 fully saturated rings. The molecule has 0 spiro atoms. The first-order valence-electron chi connectivity index (χ1n) is 6.54. The SMILES string of the molecule is O=C1C(Cl)=C(Nc2ccc(Cl)cc2)C(=O)N1c1ccc(I)cc1. The van der Waals surface area contributed by atoms with E-state index in [9.17, 15) is 9.59 Å². The van der Waals surface area contributed by atoms with Gasteiger partial charge < -0.3 is 5.32 Å². The molecular weight excluding hydrogens is 450 g/mol. The Morgan fingerprint density at radius 2 is 1.48 bits per heavy atom. The predicted molar refractivity (Wildman–Crippen MR) is 99.6 cm³/mol. The first-order valence-corrected chi connectivity index (χ1v) is 8.37. The normalized spacial score (nSPS) is 14.7. The standard InChI is InChI=1S/C16H9Cl2IN2O2/c17-9-1-5-11(6-2-9)20-14-13(18)15(22)21(16(14)23)12-7-3-10(19)4-8-12/h1-8,20H. The zero-order chi connectivity index (χ0) is 16.6. The van der Waals surface area contributed by atoms with Crippen molar-refractivity contribution in [2.75, 3.05) is 10.2 Å². The quantitative estimate of drug-likeness (QED) is 0.548. The molecule has 116 valence electrons. The highest BCUT2D eigenvalue weighted by atomic mass is 127. The minimum atomic E-state index is -0.547. The molecule has 1 N–H and O–H groups in total. The minimum Gasteiger partial charge on any atom is -0.350 e. The highest BCUT2D eigenvalue weighted by Gasteiger charge is 2.38. The first-order chi connectivity index (χ1) is 11.0. The summed E-state index contributed by atoms with van der Waals surface area (Å²) in [4.78, 5) is 25.9. The number of nitrogens with one attached hydrogen (secondary N) is 1. The molecule has 23 heavy (non-hydrogen) atoms. The average molecular weight is 459 g/mol. The van der Waals surface area contributed by atoms with Crippen molar-refractivity contribution in [3.05, 3.63) is 67.9 Å². The lowest BCUT2D eigenvalue weighted by Gasteiger charge is -2.15. The molecule has 0 atom stereocenters. The maximum atomic E-state index is 12.6. The van der Waals surface area contributed by atoms with E-state index >= 15 is 0 Å². The number of amides is 2. The summed E-state index contributed by atoms with van der Waals surface area (Å²) in [5, 5.41) is 3.32. The monoisotopic (exact) mass is 458 g/mol. The molecule has 4 nitrogen and oxygen atoms in total. The molecule has 0 unspecified atom stereocenters. The second-order valence-corrected chi connectivity index (χ2v) is 6.80. The van der Waals surface area contributed by atoms with Gasteiger partial charge in [0.05, 0.1) is 5.69 Å². The van der Waals surface area contributed by atoms with Crippen molar-refractivity contribution in [1.29, 1.82) is 0 Å². The summed E-state index contributed by atoms with van der Waals surface area (Å²) in [7, 11) is 0. The summed E-state index contributed by atoms with van der Waals surface area (Å²) in [5.74, 6) is -1.04. The van der Waals surface area contributed by atoms with Crippen molar-refractivity contribution in [1.82, 2.24) is 0 Å². The van der Waals surface area contributed by atoms with E-state index < -0.39 is 11.8 Å². The molecule has 0 saturated heterocycles. The van der Waals surface area contributed by atoms with Gasteiger partial charge in [0, 0.05) is 14.3 Å². The molecule has 2 aromatic rings. The highest BCUT2D eigenvalue weighted by molar-refractivity contribution is 14.1. The summed E-state index contributed by atoms with van der Waals surface area (Å²) in [6.45, 7) is 0. The highest BCUT2D eigenvalue weighted by Crippen LogP contribution is 2.30. The van der Waals surface area contributed by atoms with E-state index in [2.05, 4.69) is 27.9 Å². The van der Waals surface area contributed by atoms with E-state index in [4.69, 9.17) is 23.2 Å². The van der Waals surface area contributed by atoms with Crippen LogP contribution >= 0.6 is 45.8 Å². The second kappa shape index (κ2) is 6.51. The fourth-order valence-electron chi connectivity index (χ4n) is 2.11. The molecule has 1 aliphatic rings. The smallest absolute Gasteiger partial charge is 0.283 e. The van der Waals surface area contributed by atoms with Gasteiger partial charge in [-0.05, 0) is 71.1 Å². The van der Waals surface area contributed by atoms with Gasteiger partial charge in [-0.25, -0.2) is 4.90 Å². The van der Waals surface area contributed by atoms with Crippen LogP contribution in [0.2, 0.25) is 5.02 Å². The number of carbonyl (C=O) groups is 2. The van der Waals surface area contributed by atoms with E-state index in [0.717, 1.165) is 8.47 Å². The molecule has 0 aromatic heterocycles. The number of imide groups is 1. The maximum Gasteiger partial charge on any atom is 0.283 e. The number of anilines is 2. The summed E-state index contributed by atoms with van der Waals surface area (Å²) in [6.07, 6.45) is 0. The van der Waals surface area contributed by atoms with Crippen molar-refractivity contribution in [2.24, 2.45) is 0 Å². The Morgan fingerprint density at radius 1 is 0.870 bits per heavy atom. The van der Waals surface area contributed by atoms with E-state index in [1.54, 1.807) is 36.4 Å². The van der Waals surface area contributed by atoms with Crippen LogP contribution in [0, 0.1) is 3.57 Å². The molecule has 1 heterocycles. The van der Waals surface area contributed by atoms with Gasteiger partial charge in [0.1, 0.15) is 10.7 Å². The van der Waals surface area contributed by atoms with Crippen LogP contribution in [0.1, 0.15) is 0 Å². The third kappa shape index (κ3) is 3.22. The van der Waals surface area contributed by atoms with Gasteiger partial charge in [0.15, 0.2) is 0 Å². The van der Waals surface area contributed by atoms with Gasteiger partial charge in [0.25, 0.3) is 11.8 Å². The predicted octanol–water partition coefficient (Wildman–Crippen LogP) is 4.38. The van der Waals surface area contributed by atoms with Gasteiger partial charge in [0.2, 0.25) is 0 Å². The summed E-state index contributed by atoms with van der Waals surface area (Å²) in [6, 6.07) is 13.8. The number of nitrogens with zero attached hydrogens (tertiary/aromatic N) is 1. The fourth-order valence-corrected chi connectivity index (χ4v) is 2.81. The molecule has 0 aliphatic carbocycles. The molecule has 1 aliphatic heterocycles. The number of halogens is 3. The summed E-state index contributed by atoms with van der Waals surface area (Å²) >= 11 is 14.0. The van der Waals surface area contributed by atoms with Crippen LogP contribution in [0.25, 0.3) is 0 Å². The van der Waals surface area contributed by atoms with Crippen molar-refractivity contribution < 1.29 is 9.59 Å². The molecule has 0 saturated carbocycles. The van der Waals surface area contributed by atoms with Crippen molar-refractivity contribution >= 4 is 69.0 Å². The van der Waals surface area contributed by atoms with E-state index in [1.807, 2.05) is 12.1 Å². The zero-order valence-electron chi connectivity index (χ0n) is 11.5. The van der Waals surface area contributed by atoms with Gasteiger partial charge in [-0.2, -0.15) is 0 Å². The largest absolute Gasteiger partial charge is 0.350 e. The van der Waals surface area contributed by atoms with Crippen LogP contribution in [0.5, 0.6) is 0 Å². The summed E-state index contributed by atoms with van der Waals surface area (Å²) < 4.78 is 1.00. The molecule has 2 amide bonds. The molecular formula is C16H9Cl2IN2O2. The number of hydrogen-bond acceptors (Lipinski definition) is 3. The number of hydrogen-bond donors (Lipinski definition) is 1. The van der Waals surface area contributed by atoms with Gasteiger partial charge >= 0.3 is 0 Å². The zero-order valence-corrected chi connectivity index (χ0v) is 15.2. The lowest BCUT2D eigenvalue weighted by atomic mass is 10.3. The second-order valence-electron chi connectivity index (χ2n) is 4.74. The Kier molecular flexibility index (Phi) is 4.61. The molecule has 7 heteroatoms. The van der Waals surface area contributed by atoms with Gasteiger partial charge in [-0.15, -0.1) is 0 Å². The van der Waals surface area contributed by atoms with Gasteiger partial charge in [-0.1, -0.05) is 23.2 Å². The Morgan fingerprint density at radius 3 is 2.09 bits per heavy atom. The maximum absolute atomic E-state index is 12.6. The van der Waals surface area contributed by atoms with Crippen LogP contribution < -0.4 is 10.2 Å². The molecule has 0 radical (unpaired) electrons. The third-order valence-corrected chi connectivity index (χ3v) is 4.55. The van der Waals surface area contributed by atoms with Crippen LogP contribution in [-0.2, 0) is 9.59 Å². The Labute approximate surface area is 156 Å². The lowest BCUT2D eigenvalue weighted by molar-refractivity contribution is -0.120. The molecule has 0 bridgehead atoms. The third-order valence-electron chi connectivity index (χ3n) is 3.23. The molecule has 2 aromatic carbocycles. The first kappa shape index (κ1) is 16.3. The summed E-state index contributed by atoms with van der Waals surface area (Å²) in [5.41, 5.74) is 1.15. The van der Waals surface area contributed by atoms with Gasteiger partial charge in [-0.3, -0.25) is 9.59 Å². The number of carbonyl (C=O) groups excluding carboxylic acids is 2. The van der Waals surface area contributed by atoms with Crippen molar-refractivity contribution in [3.63, 3.8) is 0 Å². The number of rotatable bonds is 3. The Hall–Kier alpha value is -1.57. The molecule has 3 rings (SSSR count). The Balaban J connectivity index is 1.90. The van der Waals surface area contributed by atoms with Crippen LogP contribution in [0.15, 0.2) is 59.3 Å². The van der Waals surface area contributed by atoms with Crippen molar-refractivity contribution in [2.45, 2.75) is 0 Å².